The van der Waals surface area contributed by atoms with Crippen LogP contribution in [0.2, 0.25) is 0 Å². The van der Waals surface area contributed by atoms with Gasteiger partial charge < -0.3 is 15.5 Å². The van der Waals surface area contributed by atoms with Gasteiger partial charge in [-0.15, -0.1) is 0 Å². The van der Waals surface area contributed by atoms with Gasteiger partial charge in [0, 0.05) is 17.7 Å². The molecule has 0 aliphatic rings. The number of nitrogens with one attached hydrogen (secondary N) is 1. The molecule has 3 N–H and O–H groups in total. The molecule has 0 radical (unpaired) electrons. The predicted octanol–water partition coefficient (Wildman–Crippen LogP) is 0.399. The second kappa shape index (κ2) is 5.43. The molecule has 0 aliphatic heterocycles. The van der Waals surface area contributed by atoms with Crippen molar-refractivity contribution in [3.05, 3.63) is 39.9 Å². The van der Waals surface area contributed by atoms with Gasteiger partial charge in [-0.3, -0.25) is 10.1 Å². The lowest BCUT2D eigenvalue weighted by Gasteiger charge is -2.17. The van der Waals surface area contributed by atoms with E-state index < -0.39 is 23.7 Å². The summed E-state index contributed by atoms with van der Waals surface area (Å²) in [6, 6.07) is 5.29. The highest BCUT2D eigenvalue weighted by Crippen LogP contribution is 2.27. The number of rotatable bonds is 5. The third-order valence-electron chi connectivity index (χ3n) is 2.33. The highest BCUT2D eigenvalue weighted by Gasteiger charge is 2.33. The molecular weight excluding hydrogens is 212 g/mol. The summed E-state index contributed by atoms with van der Waals surface area (Å²) in [5.74, 6) is 0. The first-order valence-corrected chi connectivity index (χ1v) is 4.81. The molecular formula is C10H14N2O4. The maximum Gasteiger partial charge on any atom is 0.267 e. The van der Waals surface area contributed by atoms with Crippen LogP contribution in [0.15, 0.2) is 24.3 Å². The van der Waals surface area contributed by atoms with Gasteiger partial charge in [-0.25, -0.2) is 0 Å². The van der Waals surface area contributed by atoms with E-state index in [4.69, 9.17) is 5.11 Å². The van der Waals surface area contributed by atoms with Crippen molar-refractivity contribution in [1.29, 1.82) is 0 Å². The molecule has 0 saturated carbocycles. The summed E-state index contributed by atoms with van der Waals surface area (Å²) in [7, 11) is 1.64. The molecule has 6 nitrogen and oxygen atoms in total. The zero-order valence-corrected chi connectivity index (χ0v) is 8.83. The Morgan fingerprint density at radius 1 is 1.50 bits per heavy atom. The molecule has 1 aromatic rings. The maximum absolute atomic E-state index is 10.9. The first-order chi connectivity index (χ1) is 7.61. The molecule has 0 heterocycles. The van der Waals surface area contributed by atoms with Gasteiger partial charge in [-0.2, -0.15) is 0 Å². The Hall–Kier alpha value is -1.66. The number of hydrogen-bond acceptors (Lipinski definition) is 5. The molecule has 0 amide bonds. The van der Waals surface area contributed by atoms with Crippen molar-refractivity contribution in [1.82, 2.24) is 0 Å². The van der Waals surface area contributed by atoms with Crippen LogP contribution in [-0.2, 0) is 0 Å². The van der Waals surface area contributed by atoms with Crippen LogP contribution < -0.4 is 5.32 Å². The van der Waals surface area contributed by atoms with Crippen molar-refractivity contribution in [2.45, 2.75) is 12.1 Å². The number of hydrogen-bond donors (Lipinski definition) is 3. The van der Waals surface area contributed by atoms with E-state index in [0.29, 0.717) is 11.3 Å². The van der Waals surface area contributed by atoms with Gasteiger partial charge in [-0.1, -0.05) is 12.1 Å². The average Bonchev–Trinajstić information content (AvgIpc) is 2.29. The summed E-state index contributed by atoms with van der Waals surface area (Å²) in [4.78, 5) is 10.3. The number of nitrogens with zero attached hydrogens (tertiary/aromatic N) is 1. The van der Waals surface area contributed by atoms with Gasteiger partial charge in [0.2, 0.25) is 0 Å². The van der Waals surface area contributed by atoms with Crippen LogP contribution in [0.4, 0.5) is 5.69 Å². The van der Waals surface area contributed by atoms with Gasteiger partial charge >= 0.3 is 0 Å². The van der Waals surface area contributed by atoms with Gasteiger partial charge in [0.15, 0.2) is 0 Å². The number of nitro groups is 1. The topological polar surface area (TPSA) is 95.6 Å². The van der Waals surface area contributed by atoms with E-state index in [1.54, 1.807) is 31.3 Å². The molecule has 6 heteroatoms. The normalized spacial score (nSPS) is 14.2. The molecule has 0 aliphatic carbocycles. The number of anilines is 1. The lowest BCUT2D eigenvalue weighted by atomic mass is 10.0. The van der Waals surface area contributed by atoms with E-state index >= 15 is 0 Å². The van der Waals surface area contributed by atoms with Gasteiger partial charge in [0.25, 0.3) is 6.04 Å². The van der Waals surface area contributed by atoms with Crippen LogP contribution in [0.25, 0.3) is 0 Å². The minimum absolute atomic E-state index is 0.358. The second-order valence-corrected chi connectivity index (χ2v) is 3.32. The summed E-state index contributed by atoms with van der Waals surface area (Å²) in [6.07, 6.45) is -1.41. The lowest BCUT2D eigenvalue weighted by Crippen LogP contribution is -2.29. The smallest absolute Gasteiger partial charge is 0.267 e. The summed E-state index contributed by atoms with van der Waals surface area (Å²) in [5.41, 5.74) is 0.924. The van der Waals surface area contributed by atoms with Crippen molar-refractivity contribution < 1.29 is 15.1 Å². The van der Waals surface area contributed by atoms with Gasteiger partial charge in [-0.05, 0) is 12.1 Å². The average molecular weight is 226 g/mol. The minimum Gasteiger partial charge on any atom is -0.393 e. The molecule has 16 heavy (non-hydrogen) atoms. The maximum atomic E-state index is 10.9. The van der Waals surface area contributed by atoms with Crippen LogP contribution in [0.1, 0.15) is 11.6 Å². The monoisotopic (exact) mass is 226 g/mol. The Labute approximate surface area is 92.7 Å². The third-order valence-corrected chi connectivity index (χ3v) is 2.33. The van der Waals surface area contributed by atoms with Crippen LogP contribution >= 0.6 is 0 Å². The first kappa shape index (κ1) is 12.4. The SMILES string of the molecule is CNc1ccccc1C(C(O)CO)[N+](=O)[O-]. The number of benzene rings is 1. The van der Waals surface area contributed by atoms with Crippen LogP contribution in [0.5, 0.6) is 0 Å². The van der Waals surface area contributed by atoms with Crippen molar-refractivity contribution in [3.8, 4) is 0 Å². The molecule has 2 atom stereocenters. The summed E-state index contributed by atoms with van der Waals surface area (Å²) >= 11 is 0. The highest BCUT2D eigenvalue weighted by atomic mass is 16.6. The Bertz CT molecular complexity index is 370. The fourth-order valence-electron chi connectivity index (χ4n) is 1.54. The van der Waals surface area contributed by atoms with Crippen molar-refractivity contribution in [2.75, 3.05) is 19.0 Å². The van der Waals surface area contributed by atoms with E-state index in [1.165, 1.54) is 0 Å². The number of aliphatic hydroxyl groups is 2. The Morgan fingerprint density at radius 3 is 2.62 bits per heavy atom. The zero-order valence-electron chi connectivity index (χ0n) is 8.83. The quantitative estimate of drug-likeness (QED) is 0.499. The summed E-state index contributed by atoms with van der Waals surface area (Å²) in [6.45, 7) is -0.649. The van der Waals surface area contributed by atoms with Gasteiger partial charge in [0.05, 0.1) is 12.2 Å². The second-order valence-electron chi connectivity index (χ2n) is 3.32. The molecule has 0 spiro atoms. The van der Waals surface area contributed by atoms with Crippen molar-refractivity contribution >= 4 is 5.69 Å². The number of aliphatic hydroxyl groups excluding tert-OH is 2. The molecule has 1 rings (SSSR count). The largest absolute Gasteiger partial charge is 0.393 e. The van der Waals surface area contributed by atoms with Crippen molar-refractivity contribution in [2.24, 2.45) is 0 Å². The summed E-state index contributed by atoms with van der Waals surface area (Å²) in [5, 5.41) is 31.9. The molecule has 1 aromatic carbocycles. The predicted molar refractivity (Wildman–Crippen MR) is 58.8 cm³/mol. The first-order valence-electron chi connectivity index (χ1n) is 4.81. The van der Waals surface area contributed by atoms with Crippen molar-refractivity contribution in [3.63, 3.8) is 0 Å². The van der Waals surface area contributed by atoms with Gasteiger partial charge in [0.1, 0.15) is 6.10 Å². The lowest BCUT2D eigenvalue weighted by molar-refractivity contribution is -0.541. The molecule has 0 saturated heterocycles. The third kappa shape index (κ3) is 2.47. The van der Waals surface area contributed by atoms with E-state index in [2.05, 4.69) is 5.32 Å². The highest BCUT2D eigenvalue weighted by molar-refractivity contribution is 5.51. The van der Waals surface area contributed by atoms with Crippen LogP contribution in [0.3, 0.4) is 0 Å². The van der Waals surface area contributed by atoms with E-state index in [0.717, 1.165) is 0 Å². The standard InChI is InChI=1S/C10H14N2O4/c1-11-8-5-3-2-4-7(8)10(12(15)16)9(14)6-13/h2-5,9-11,13-14H,6H2,1H3. The fourth-order valence-corrected chi connectivity index (χ4v) is 1.54. The van der Waals surface area contributed by atoms with Crippen LogP contribution in [-0.4, -0.2) is 34.9 Å². The van der Waals surface area contributed by atoms with E-state index in [1.807, 2.05) is 0 Å². The molecule has 0 bridgehead atoms. The van der Waals surface area contributed by atoms with Crippen LogP contribution in [0, 0.1) is 10.1 Å². The molecule has 0 fully saturated rings. The molecule has 2 unspecified atom stereocenters. The summed E-state index contributed by atoms with van der Waals surface area (Å²) < 4.78 is 0. The Morgan fingerprint density at radius 2 is 2.12 bits per heavy atom. The molecule has 0 aromatic heterocycles. The Balaban J connectivity index is 3.15. The number of para-hydroxylation sites is 1. The Kier molecular flexibility index (Phi) is 4.21. The van der Waals surface area contributed by atoms with E-state index in [-0.39, 0.29) is 0 Å². The zero-order chi connectivity index (χ0) is 12.1. The molecule has 88 valence electrons. The fraction of sp³-hybridized carbons (Fsp3) is 0.400. The van der Waals surface area contributed by atoms with E-state index in [9.17, 15) is 15.2 Å². The minimum atomic E-state index is -1.41.